The second kappa shape index (κ2) is 8.86. The number of benzene rings is 1. The van der Waals surface area contributed by atoms with Crippen LogP contribution in [0.2, 0.25) is 0 Å². The van der Waals surface area contributed by atoms with Crippen molar-refractivity contribution in [1.29, 1.82) is 0 Å². The van der Waals surface area contributed by atoms with Gasteiger partial charge in [0, 0.05) is 30.0 Å². The highest BCUT2D eigenvalue weighted by molar-refractivity contribution is 7.10. The Bertz CT molecular complexity index is 895. The summed E-state index contributed by atoms with van der Waals surface area (Å²) < 4.78 is 11.3. The lowest BCUT2D eigenvalue weighted by molar-refractivity contribution is -0.134. The molecule has 0 fully saturated rings. The molecule has 1 aromatic heterocycles. The second-order valence-electron chi connectivity index (χ2n) is 7.41. The number of nitrogens with zero attached hydrogens (tertiary/aromatic N) is 1. The summed E-state index contributed by atoms with van der Waals surface area (Å²) in [6.45, 7) is 4.51. The van der Waals surface area contributed by atoms with Gasteiger partial charge in [-0.25, -0.2) is 0 Å². The third-order valence-corrected chi connectivity index (χ3v) is 6.33. The smallest absolute Gasteiger partial charge is 0.252 e. The Kier molecular flexibility index (Phi) is 6.04. The Morgan fingerprint density at radius 1 is 1.21 bits per heavy atom. The van der Waals surface area contributed by atoms with Gasteiger partial charge in [0.1, 0.15) is 6.04 Å². The number of carbonyl (C=O) groups is 2. The summed E-state index contributed by atoms with van der Waals surface area (Å²) in [6.07, 6.45) is 3.12. The molecule has 1 atom stereocenters. The fourth-order valence-corrected chi connectivity index (χ4v) is 4.64. The minimum atomic E-state index is -0.524. The minimum absolute atomic E-state index is 0.00797. The predicted octanol–water partition coefficient (Wildman–Crippen LogP) is 3.39. The van der Waals surface area contributed by atoms with Crippen LogP contribution < -0.4 is 14.8 Å². The van der Waals surface area contributed by atoms with Gasteiger partial charge in [0.25, 0.3) is 5.91 Å². The Balaban J connectivity index is 1.46. The molecule has 29 heavy (non-hydrogen) atoms. The quantitative estimate of drug-likeness (QED) is 0.814. The molecule has 3 heterocycles. The van der Waals surface area contributed by atoms with Gasteiger partial charge in [-0.3, -0.25) is 9.59 Å². The van der Waals surface area contributed by atoms with E-state index in [0.29, 0.717) is 49.8 Å². The van der Waals surface area contributed by atoms with Crippen molar-refractivity contribution >= 4 is 23.2 Å². The zero-order chi connectivity index (χ0) is 20.2. The summed E-state index contributed by atoms with van der Waals surface area (Å²) in [4.78, 5) is 29.2. The standard InChI is InChI=1S/C22H26N2O4S/c1-2-4-17(22(26)24-9-7-20-16(14-24)8-12-29-20)23-21(25)15-5-6-18-19(13-15)28-11-3-10-27-18/h5-6,8,12-13,17H,2-4,7,9-11,14H2,1H3,(H,23,25). The van der Waals surface area contributed by atoms with Crippen LogP contribution in [0.15, 0.2) is 29.6 Å². The summed E-state index contributed by atoms with van der Waals surface area (Å²) in [5.41, 5.74) is 1.70. The van der Waals surface area contributed by atoms with Crippen LogP contribution in [0.5, 0.6) is 11.5 Å². The SMILES string of the molecule is CCCC(NC(=O)c1ccc2c(c1)OCCCO2)C(=O)N1CCc2sccc2C1. The van der Waals surface area contributed by atoms with Gasteiger partial charge in [-0.1, -0.05) is 13.3 Å². The molecule has 0 aliphatic carbocycles. The van der Waals surface area contributed by atoms with Crippen LogP contribution in [0, 0.1) is 0 Å². The van der Waals surface area contributed by atoms with Crippen LogP contribution in [0.3, 0.4) is 0 Å². The van der Waals surface area contributed by atoms with E-state index in [1.54, 1.807) is 29.5 Å². The van der Waals surface area contributed by atoms with E-state index in [-0.39, 0.29) is 11.8 Å². The highest BCUT2D eigenvalue weighted by Crippen LogP contribution is 2.30. The normalized spacial score (nSPS) is 16.5. The summed E-state index contributed by atoms with van der Waals surface area (Å²) in [7, 11) is 0. The molecule has 7 heteroatoms. The lowest BCUT2D eigenvalue weighted by Crippen LogP contribution is -2.49. The van der Waals surface area contributed by atoms with Crippen molar-refractivity contribution < 1.29 is 19.1 Å². The predicted molar refractivity (Wildman–Crippen MR) is 112 cm³/mol. The molecule has 1 N–H and O–H groups in total. The van der Waals surface area contributed by atoms with E-state index in [1.807, 2.05) is 11.8 Å². The van der Waals surface area contributed by atoms with Gasteiger partial charge < -0.3 is 19.7 Å². The monoisotopic (exact) mass is 414 g/mol. The van der Waals surface area contributed by atoms with Crippen LogP contribution in [0.1, 0.15) is 47.0 Å². The number of ether oxygens (including phenoxy) is 2. The molecular weight excluding hydrogens is 388 g/mol. The number of amides is 2. The first-order valence-corrected chi connectivity index (χ1v) is 11.1. The van der Waals surface area contributed by atoms with Crippen molar-refractivity contribution in [3.8, 4) is 11.5 Å². The summed E-state index contributed by atoms with van der Waals surface area (Å²) >= 11 is 1.75. The number of fused-ring (bicyclic) bond motifs is 2. The third kappa shape index (κ3) is 4.40. The summed E-state index contributed by atoms with van der Waals surface area (Å²) in [6, 6.07) is 6.74. The van der Waals surface area contributed by atoms with Crippen molar-refractivity contribution in [2.45, 2.75) is 45.2 Å². The number of rotatable bonds is 5. The van der Waals surface area contributed by atoms with Crippen LogP contribution in [0.4, 0.5) is 0 Å². The number of hydrogen-bond donors (Lipinski definition) is 1. The number of nitrogens with one attached hydrogen (secondary N) is 1. The summed E-state index contributed by atoms with van der Waals surface area (Å²) in [5.74, 6) is 0.960. The largest absolute Gasteiger partial charge is 0.490 e. The van der Waals surface area contributed by atoms with Crippen LogP contribution in [-0.2, 0) is 17.8 Å². The molecule has 0 radical (unpaired) electrons. The lowest BCUT2D eigenvalue weighted by Gasteiger charge is -2.31. The van der Waals surface area contributed by atoms with Crippen LogP contribution in [-0.4, -0.2) is 42.5 Å². The first-order chi connectivity index (χ1) is 14.2. The van der Waals surface area contributed by atoms with E-state index < -0.39 is 6.04 Å². The molecule has 2 aliphatic heterocycles. The van der Waals surface area contributed by atoms with Crippen molar-refractivity contribution in [2.75, 3.05) is 19.8 Å². The molecular formula is C22H26N2O4S. The zero-order valence-electron chi connectivity index (χ0n) is 16.6. The Hall–Kier alpha value is -2.54. The first kappa shape index (κ1) is 19.8. The van der Waals surface area contributed by atoms with Gasteiger partial charge in [0.05, 0.1) is 13.2 Å². The van der Waals surface area contributed by atoms with Gasteiger partial charge >= 0.3 is 0 Å². The van der Waals surface area contributed by atoms with Crippen molar-refractivity contribution in [3.63, 3.8) is 0 Å². The van der Waals surface area contributed by atoms with Gasteiger partial charge in [0.15, 0.2) is 11.5 Å². The van der Waals surface area contributed by atoms with E-state index in [0.717, 1.165) is 19.3 Å². The Morgan fingerprint density at radius 3 is 2.86 bits per heavy atom. The van der Waals surface area contributed by atoms with Crippen molar-refractivity contribution in [3.05, 3.63) is 45.6 Å². The molecule has 0 spiro atoms. The fraction of sp³-hybridized carbons (Fsp3) is 0.455. The molecule has 4 rings (SSSR count). The maximum absolute atomic E-state index is 13.1. The van der Waals surface area contributed by atoms with Crippen LogP contribution >= 0.6 is 11.3 Å². The number of thiophene rings is 1. The average molecular weight is 415 g/mol. The van der Waals surface area contributed by atoms with E-state index in [9.17, 15) is 9.59 Å². The molecule has 2 aliphatic rings. The summed E-state index contributed by atoms with van der Waals surface area (Å²) in [5, 5.41) is 5.03. The topological polar surface area (TPSA) is 67.9 Å². The van der Waals surface area contributed by atoms with E-state index >= 15 is 0 Å². The van der Waals surface area contributed by atoms with Gasteiger partial charge in [-0.05, 0) is 48.1 Å². The molecule has 6 nitrogen and oxygen atoms in total. The number of hydrogen-bond acceptors (Lipinski definition) is 5. The molecule has 0 saturated heterocycles. The molecule has 0 bridgehead atoms. The maximum atomic E-state index is 13.1. The Morgan fingerprint density at radius 2 is 2.03 bits per heavy atom. The third-order valence-electron chi connectivity index (χ3n) is 5.31. The van der Waals surface area contributed by atoms with Gasteiger partial charge in [-0.2, -0.15) is 0 Å². The molecule has 154 valence electrons. The number of carbonyl (C=O) groups excluding carboxylic acids is 2. The molecule has 0 saturated carbocycles. The highest BCUT2D eigenvalue weighted by Gasteiger charge is 2.29. The molecule has 2 amide bonds. The van der Waals surface area contributed by atoms with Gasteiger partial charge in [-0.15, -0.1) is 11.3 Å². The molecule has 2 aromatic rings. The second-order valence-corrected chi connectivity index (χ2v) is 8.41. The van der Waals surface area contributed by atoms with E-state index in [1.165, 1.54) is 10.4 Å². The fourth-order valence-electron chi connectivity index (χ4n) is 3.75. The van der Waals surface area contributed by atoms with Gasteiger partial charge in [0.2, 0.25) is 5.91 Å². The zero-order valence-corrected chi connectivity index (χ0v) is 17.4. The van der Waals surface area contributed by atoms with E-state index in [2.05, 4.69) is 16.8 Å². The van der Waals surface area contributed by atoms with Crippen molar-refractivity contribution in [2.24, 2.45) is 0 Å². The molecule has 1 unspecified atom stereocenters. The highest BCUT2D eigenvalue weighted by atomic mass is 32.1. The Labute approximate surface area is 174 Å². The average Bonchev–Trinajstić information content (AvgIpc) is 3.08. The lowest BCUT2D eigenvalue weighted by atomic mass is 10.1. The molecule has 1 aromatic carbocycles. The minimum Gasteiger partial charge on any atom is -0.490 e. The van der Waals surface area contributed by atoms with Crippen molar-refractivity contribution in [1.82, 2.24) is 10.2 Å². The maximum Gasteiger partial charge on any atom is 0.252 e. The van der Waals surface area contributed by atoms with Crippen LogP contribution in [0.25, 0.3) is 0 Å². The first-order valence-electron chi connectivity index (χ1n) is 10.2. The van der Waals surface area contributed by atoms with E-state index in [4.69, 9.17) is 9.47 Å².